The van der Waals surface area contributed by atoms with Gasteiger partial charge in [-0.1, -0.05) is 38.3 Å². The van der Waals surface area contributed by atoms with E-state index in [0.29, 0.717) is 0 Å². The van der Waals surface area contributed by atoms with Crippen LogP contribution in [-0.2, 0) is 6.54 Å². The van der Waals surface area contributed by atoms with Crippen molar-refractivity contribution in [3.63, 3.8) is 0 Å². The van der Waals surface area contributed by atoms with Gasteiger partial charge in [-0.25, -0.2) is 4.68 Å². The second-order valence-electron chi connectivity index (χ2n) is 5.70. The third kappa shape index (κ3) is 2.57. The van der Waals surface area contributed by atoms with E-state index in [2.05, 4.69) is 29.6 Å². The van der Waals surface area contributed by atoms with E-state index in [0.717, 1.165) is 18.7 Å². The van der Waals surface area contributed by atoms with Gasteiger partial charge in [-0.2, -0.15) is 0 Å². The number of aromatic nitrogens is 3. The summed E-state index contributed by atoms with van der Waals surface area (Å²) in [6, 6.07) is 0.152. The summed E-state index contributed by atoms with van der Waals surface area (Å²) >= 11 is 0. The summed E-state index contributed by atoms with van der Waals surface area (Å²) in [6.07, 6.45) is 9.30. The molecule has 18 heavy (non-hydrogen) atoms. The topological polar surface area (TPSA) is 68.8 Å². The van der Waals surface area contributed by atoms with Crippen molar-refractivity contribution in [2.24, 2.45) is 11.3 Å². The SMILES string of the molecule is CCCn1nncc1C(NN)C1(C)CCCCC1. The van der Waals surface area contributed by atoms with Crippen LogP contribution in [0.2, 0.25) is 0 Å². The first-order valence-electron chi connectivity index (χ1n) is 7.06. The smallest absolute Gasteiger partial charge is 0.0775 e. The van der Waals surface area contributed by atoms with Crippen LogP contribution in [0.15, 0.2) is 6.20 Å². The fourth-order valence-corrected chi connectivity index (χ4v) is 3.17. The van der Waals surface area contributed by atoms with Gasteiger partial charge in [0.05, 0.1) is 17.9 Å². The van der Waals surface area contributed by atoms with Crippen molar-refractivity contribution in [2.45, 2.75) is 65.0 Å². The van der Waals surface area contributed by atoms with Gasteiger partial charge in [0, 0.05) is 6.54 Å². The molecule has 0 aliphatic heterocycles. The molecule has 0 saturated heterocycles. The first kappa shape index (κ1) is 13.5. The predicted octanol–water partition coefficient (Wildman–Crippen LogP) is 2.16. The van der Waals surface area contributed by atoms with Crippen molar-refractivity contribution in [2.75, 3.05) is 0 Å². The minimum Gasteiger partial charge on any atom is -0.271 e. The van der Waals surface area contributed by atoms with Crippen LogP contribution in [0.3, 0.4) is 0 Å². The Morgan fingerprint density at radius 2 is 2.17 bits per heavy atom. The molecule has 3 N–H and O–H groups in total. The quantitative estimate of drug-likeness (QED) is 0.621. The molecule has 0 amide bonds. The number of nitrogens with two attached hydrogens (primary N) is 1. The van der Waals surface area contributed by atoms with Crippen LogP contribution in [0.5, 0.6) is 0 Å². The first-order valence-corrected chi connectivity index (χ1v) is 7.06. The molecule has 102 valence electrons. The summed E-state index contributed by atoms with van der Waals surface area (Å²) in [7, 11) is 0. The Kier molecular flexibility index (Phi) is 4.35. The van der Waals surface area contributed by atoms with Crippen molar-refractivity contribution >= 4 is 0 Å². The number of aryl methyl sites for hydroxylation is 1. The van der Waals surface area contributed by atoms with E-state index in [1.165, 1.54) is 32.1 Å². The zero-order chi connectivity index (χ0) is 13.0. The van der Waals surface area contributed by atoms with Gasteiger partial charge in [0.1, 0.15) is 0 Å². The molecule has 1 aromatic heterocycles. The number of nitrogens with one attached hydrogen (secondary N) is 1. The Morgan fingerprint density at radius 1 is 1.44 bits per heavy atom. The molecule has 0 radical (unpaired) electrons. The summed E-state index contributed by atoms with van der Waals surface area (Å²) < 4.78 is 1.99. The minimum atomic E-state index is 0.152. The predicted molar refractivity (Wildman–Crippen MR) is 71.6 cm³/mol. The highest BCUT2D eigenvalue weighted by Gasteiger charge is 2.37. The summed E-state index contributed by atoms with van der Waals surface area (Å²) in [6.45, 7) is 5.39. The second-order valence-corrected chi connectivity index (χ2v) is 5.70. The van der Waals surface area contributed by atoms with Gasteiger partial charge in [0.25, 0.3) is 0 Å². The molecule has 1 aliphatic rings. The zero-order valence-corrected chi connectivity index (χ0v) is 11.5. The van der Waals surface area contributed by atoms with Crippen LogP contribution in [0, 0.1) is 5.41 Å². The first-order chi connectivity index (χ1) is 8.71. The second kappa shape index (κ2) is 5.80. The Bertz CT molecular complexity index is 367. The van der Waals surface area contributed by atoms with Crippen LogP contribution < -0.4 is 11.3 Å². The Labute approximate surface area is 109 Å². The standard InChI is InChI=1S/C13H25N5/c1-3-9-18-11(10-15-17-18)12(16-14)13(2)7-5-4-6-8-13/h10,12,16H,3-9,14H2,1-2H3. The minimum absolute atomic E-state index is 0.152. The zero-order valence-electron chi connectivity index (χ0n) is 11.5. The van der Waals surface area contributed by atoms with E-state index >= 15 is 0 Å². The summed E-state index contributed by atoms with van der Waals surface area (Å²) in [5.41, 5.74) is 4.36. The van der Waals surface area contributed by atoms with Gasteiger partial charge in [0.15, 0.2) is 0 Å². The Morgan fingerprint density at radius 3 is 2.78 bits per heavy atom. The van der Waals surface area contributed by atoms with E-state index in [-0.39, 0.29) is 11.5 Å². The van der Waals surface area contributed by atoms with Crippen molar-refractivity contribution in [1.29, 1.82) is 0 Å². The van der Waals surface area contributed by atoms with E-state index < -0.39 is 0 Å². The molecule has 1 heterocycles. The van der Waals surface area contributed by atoms with Crippen molar-refractivity contribution in [1.82, 2.24) is 20.4 Å². The molecule has 0 bridgehead atoms. The highest BCUT2D eigenvalue weighted by molar-refractivity contribution is 5.08. The van der Waals surface area contributed by atoms with Crippen LogP contribution in [0.4, 0.5) is 0 Å². The maximum absolute atomic E-state index is 5.83. The average Bonchev–Trinajstić information content (AvgIpc) is 2.79. The molecule has 1 aliphatic carbocycles. The summed E-state index contributed by atoms with van der Waals surface area (Å²) in [5, 5.41) is 8.22. The Balaban J connectivity index is 2.23. The number of hydrogen-bond acceptors (Lipinski definition) is 4. The maximum Gasteiger partial charge on any atom is 0.0775 e. The van der Waals surface area contributed by atoms with Crippen molar-refractivity contribution in [3.05, 3.63) is 11.9 Å². The largest absolute Gasteiger partial charge is 0.271 e. The lowest BCUT2D eigenvalue weighted by atomic mass is 9.70. The maximum atomic E-state index is 5.83. The molecule has 1 aromatic rings. The van der Waals surface area contributed by atoms with Gasteiger partial charge in [0.2, 0.25) is 0 Å². The molecule has 0 aromatic carbocycles. The van der Waals surface area contributed by atoms with E-state index in [4.69, 9.17) is 5.84 Å². The number of rotatable bonds is 5. The molecule has 5 nitrogen and oxygen atoms in total. The number of hydrogen-bond donors (Lipinski definition) is 2. The lowest BCUT2D eigenvalue weighted by Crippen LogP contribution is -2.42. The number of hydrazine groups is 1. The lowest BCUT2D eigenvalue weighted by molar-refractivity contribution is 0.138. The van der Waals surface area contributed by atoms with Crippen LogP contribution in [0.1, 0.15) is 64.1 Å². The third-order valence-electron chi connectivity index (χ3n) is 4.24. The average molecular weight is 251 g/mol. The van der Waals surface area contributed by atoms with Gasteiger partial charge in [-0.05, 0) is 24.7 Å². The lowest BCUT2D eigenvalue weighted by Gasteiger charge is -2.40. The van der Waals surface area contributed by atoms with Gasteiger partial charge in [-0.15, -0.1) is 5.10 Å². The monoisotopic (exact) mass is 251 g/mol. The van der Waals surface area contributed by atoms with Crippen LogP contribution in [-0.4, -0.2) is 15.0 Å². The van der Waals surface area contributed by atoms with Crippen molar-refractivity contribution in [3.8, 4) is 0 Å². The highest BCUT2D eigenvalue weighted by Crippen LogP contribution is 2.45. The molecule has 1 saturated carbocycles. The highest BCUT2D eigenvalue weighted by atomic mass is 15.4. The van der Waals surface area contributed by atoms with E-state index in [1.807, 2.05) is 10.9 Å². The Hall–Kier alpha value is -0.940. The molecule has 5 heteroatoms. The van der Waals surface area contributed by atoms with Crippen LogP contribution >= 0.6 is 0 Å². The number of nitrogens with zero attached hydrogens (tertiary/aromatic N) is 3. The normalized spacial score (nSPS) is 20.8. The van der Waals surface area contributed by atoms with Crippen molar-refractivity contribution < 1.29 is 0 Å². The molecule has 1 atom stereocenters. The molecular formula is C13H25N5. The molecule has 1 unspecified atom stereocenters. The van der Waals surface area contributed by atoms with E-state index in [9.17, 15) is 0 Å². The van der Waals surface area contributed by atoms with E-state index in [1.54, 1.807) is 0 Å². The molecular weight excluding hydrogens is 226 g/mol. The fraction of sp³-hybridized carbons (Fsp3) is 0.846. The van der Waals surface area contributed by atoms with Gasteiger partial charge in [-0.3, -0.25) is 11.3 Å². The third-order valence-corrected chi connectivity index (χ3v) is 4.24. The summed E-state index contributed by atoms with van der Waals surface area (Å²) in [4.78, 5) is 0. The van der Waals surface area contributed by atoms with Gasteiger partial charge >= 0.3 is 0 Å². The molecule has 2 rings (SSSR count). The summed E-state index contributed by atoms with van der Waals surface area (Å²) in [5.74, 6) is 5.83. The fourth-order valence-electron chi connectivity index (χ4n) is 3.17. The van der Waals surface area contributed by atoms with Crippen LogP contribution in [0.25, 0.3) is 0 Å². The van der Waals surface area contributed by atoms with Gasteiger partial charge < -0.3 is 0 Å². The molecule has 0 spiro atoms. The molecule has 1 fully saturated rings.